The van der Waals surface area contributed by atoms with Crippen molar-refractivity contribution in [3.63, 3.8) is 0 Å². The Morgan fingerprint density at radius 3 is 2.19 bits per heavy atom. The van der Waals surface area contributed by atoms with E-state index in [-0.39, 0.29) is 5.56 Å². The van der Waals surface area contributed by atoms with Crippen molar-refractivity contribution < 1.29 is 24.3 Å². The molecule has 0 atom stereocenters. The first-order valence-electron chi connectivity index (χ1n) is 6.15. The monoisotopic (exact) mass is 286 g/mol. The zero-order chi connectivity index (χ0) is 15.4. The van der Waals surface area contributed by atoms with Crippen LogP contribution in [0.15, 0.2) is 48.5 Å². The standard InChI is InChI=1S/C15H9FO2.BH3O2/c16-12-8-7-10-6-5-9-3-1-2-4-11(9)13(10)14(12)15(17)18;2-1-3/h1-8H,(H,17,18);1-3H. The molecule has 3 aromatic rings. The molecule has 0 amide bonds. The number of carboxylic acids is 1. The minimum absolute atomic E-state index is 0.260. The van der Waals surface area contributed by atoms with E-state index in [0.717, 1.165) is 16.2 Å². The van der Waals surface area contributed by atoms with Crippen LogP contribution in [0.2, 0.25) is 0 Å². The van der Waals surface area contributed by atoms with E-state index in [1.54, 1.807) is 6.07 Å². The zero-order valence-corrected chi connectivity index (χ0v) is 11.0. The second kappa shape index (κ2) is 6.34. The molecule has 0 unspecified atom stereocenters. The van der Waals surface area contributed by atoms with Gasteiger partial charge in [0.15, 0.2) is 0 Å². The first-order valence-corrected chi connectivity index (χ1v) is 6.15. The van der Waals surface area contributed by atoms with Crippen LogP contribution in [-0.4, -0.2) is 28.8 Å². The molecule has 106 valence electrons. The number of carboxylic acid groups (broad SMARTS) is 1. The van der Waals surface area contributed by atoms with Gasteiger partial charge >= 0.3 is 13.7 Å². The maximum atomic E-state index is 13.7. The molecule has 0 saturated carbocycles. The molecule has 0 aliphatic carbocycles. The third-order valence-corrected chi connectivity index (χ3v) is 3.07. The molecule has 0 aromatic heterocycles. The highest BCUT2D eigenvalue weighted by atomic mass is 19.1. The van der Waals surface area contributed by atoms with E-state index in [0.29, 0.717) is 5.39 Å². The molecule has 0 bridgehead atoms. The maximum Gasteiger partial charge on any atom is 0.432 e. The van der Waals surface area contributed by atoms with Gasteiger partial charge in [0.05, 0.1) is 0 Å². The summed E-state index contributed by atoms with van der Waals surface area (Å²) in [5, 5.41) is 26.3. The van der Waals surface area contributed by atoms with Crippen molar-refractivity contribution in [2.45, 2.75) is 0 Å². The number of halogens is 1. The minimum atomic E-state index is -1.24. The molecule has 3 aromatic carbocycles. The predicted octanol–water partition coefficient (Wildman–Crippen LogP) is 2.07. The van der Waals surface area contributed by atoms with Gasteiger partial charge in [0.2, 0.25) is 0 Å². The number of carbonyl (C=O) groups is 1. The summed E-state index contributed by atoms with van der Waals surface area (Å²) in [7, 11) is -0.750. The number of hydrogen-bond acceptors (Lipinski definition) is 3. The van der Waals surface area contributed by atoms with Gasteiger partial charge in [-0.05, 0) is 22.2 Å². The number of benzene rings is 3. The summed E-state index contributed by atoms with van der Waals surface area (Å²) in [5.74, 6) is -1.94. The van der Waals surface area contributed by atoms with Crippen LogP contribution in [-0.2, 0) is 0 Å². The molecule has 21 heavy (non-hydrogen) atoms. The molecule has 4 nitrogen and oxygen atoms in total. The molecule has 0 aliphatic rings. The summed E-state index contributed by atoms with van der Waals surface area (Å²) in [6.45, 7) is 0. The number of fused-ring (bicyclic) bond motifs is 3. The van der Waals surface area contributed by atoms with E-state index in [2.05, 4.69) is 0 Å². The fourth-order valence-corrected chi connectivity index (χ4v) is 2.28. The zero-order valence-electron chi connectivity index (χ0n) is 11.0. The Kier molecular flexibility index (Phi) is 4.52. The maximum absolute atomic E-state index is 13.7. The fourth-order valence-electron chi connectivity index (χ4n) is 2.28. The van der Waals surface area contributed by atoms with Gasteiger partial charge in [0.1, 0.15) is 11.4 Å². The van der Waals surface area contributed by atoms with Crippen LogP contribution in [0.3, 0.4) is 0 Å². The Labute approximate surface area is 120 Å². The van der Waals surface area contributed by atoms with Crippen molar-refractivity contribution >= 4 is 35.2 Å². The topological polar surface area (TPSA) is 77.8 Å². The van der Waals surface area contributed by atoms with Crippen molar-refractivity contribution in [3.8, 4) is 0 Å². The minimum Gasteiger partial charge on any atom is -0.478 e. The van der Waals surface area contributed by atoms with Crippen molar-refractivity contribution in [2.24, 2.45) is 0 Å². The summed E-state index contributed by atoms with van der Waals surface area (Å²) < 4.78 is 13.7. The average Bonchev–Trinajstić information content (AvgIpc) is 2.47. The second-order valence-corrected chi connectivity index (χ2v) is 4.25. The number of aromatic carboxylic acids is 1. The second-order valence-electron chi connectivity index (χ2n) is 4.25. The van der Waals surface area contributed by atoms with E-state index < -0.39 is 19.5 Å². The molecule has 3 N–H and O–H groups in total. The van der Waals surface area contributed by atoms with Gasteiger partial charge in [-0.25, -0.2) is 9.18 Å². The van der Waals surface area contributed by atoms with Gasteiger partial charge in [-0.2, -0.15) is 0 Å². The highest BCUT2D eigenvalue weighted by Gasteiger charge is 2.16. The van der Waals surface area contributed by atoms with Crippen molar-refractivity contribution in [2.75, 3.05) is 0 Å². The third-order valence-electron chi connectivity index (χ3n) is 3.07. The smallest absolute Gasteiger partial charge is 0.432 e. The highest BCUT2D eigenvalue weighted by molar-refractivity contribution is 6.16. The molecular formula is C15H12BFO4. The molecule has 0 aliphatic heterocycles. The van der Waals surface area contributed by atoms with Crippen LogP contribution in [0.4, 0.5) is 4.39 Å². The Morgan fingerprint density at radius 2 is 1.52 bits per heavy atom. The number of hydrogen-bond donors (Lipinski definition) is 3. The van der Waals surface area contributed by atoms with Gasteiger partial charge in [0.25, 0.3) is 0 Å². The van der Waals surface area contributed by atoms with Crippen LogP contribution in [0.25, 0.3) is 21.5 Å². The lowest BCUT2D eigenvalue weighted by molar-refractivity contribution is 0.0694. The van der Waals surface area contributed by atoms with E-state index in [4.69, 9.17) is 10.0 Å². The highest BCUT2D eigenvalue weighted by Crippen LogP contribution is 2.29. The number of rotatable bonds is 1. The lowest BCUT2D eigenvalue weighted by Gasteiger charge is -2.07. The van der Waals surface area contributed by atoms with Crippen LogP contribution >= 0.6 is 0 Å². The molecule has 3 rings (SSSR count). The molecular weight excluding hydrogens is 274 g/mol. The van der Waals surface area contributed by atoms with Gasteiger partial charge in [-0.3, -0.25) is 0 Å². The molecule has 0 spiro atoms. The summed E-state index contributed by atoms with van der Waals surface area (Å²) in [6, 6.07) is 13.9. The Balaban J connectivity index is 0.000000497. The lowest BCUT2D eigenvalue weighted by atomic mass is 9.97. The predicted molar refractivity (Wildman–Crippen MR) is 80.0 cm³/mol. The quantitative estimate of drug-likeness (QED) is 0.472. The molecule has 0 saturated heterocycles. The Bertz CT molecular complexity index is 804. The Hall–Kier alpha value is -2.44. The van der Waals surface area contributed by atoms with Gasteiger partial charge < -0.3 is 15.2 Å². The first kappa shape index (κ1) is 15.0. The fraction of sp³-hybridized carbons (Fsp3) is 0. The van der Waals surface area contributed by atoms with Crippen LogP contribution in [0.1, 0.15) is 10.4 Å². The normalized spacial score (nSPS) is 10.0. The van der Waals surface area contributed by atoms with E-state index >= 15 is 0 Å². The van der Waals surface area contributed by atoms with E-state index in [1.165, 1.54) is 6.07 Å². The lowest BCUT2D eigenvalue weighted by Crippen LogP contribution is -2.02. The molecule has 0 heterocycles. The molecule has 6 heteroatoms. The van der Waals surface area contributed by atoms with E-state index in [9.17, 15) is 14.3 Å². The van der Waals surface area contributed by atoms with Crippen LogP contribution in [0.5, 0.6) is 0 Å². The molecule has 0 radical (unpaired) electrons. The summed E-state index contributed by atoms with van der Waals surface area (Å²) in [6.07, 6.45) is 0. The van der Waals surface area contributed by atoms with Gasteiger partial charge in [-0.15, -0.1) is 0 Å². The largest absolute Gasteiger partial charge is 0.478 e. The van der Waals surface area contributed by atoms with Gasteiger partial charge in [-0.1, -0.05) is 42.5 Å². The Morgan fingerprint density at radius 1 is 0.952 bits per heavy atom. The van der Waals surface area contributed by atoms with E-state index in [1.807, 2.05) is 36.4 Å². The van der Waals surface area contributed by atoms with Crippen molar-refractivity contribution in [3.05, 3.63) is 59.9 Å². The summed E-state index contributed by atoms with van der Waals surface area (Å²) in [5.41, 5.74) is -0.260. The van der Waals surface area contributed by atoms with Gasteiger partial charge in [0, 0.05) is 5.39 Å². The average molecular weight is 286 g/mol. The van der Waals surface area contributed by atoms with Crippen molar-refractivity contribution in [1.29, 1.82) is 0 Å². The summed E-state index contributed by atoms with van der Waals surface area (Å²) in [4.78, 5) is 11.2. The summed E-state index contributed by atoms with van der Waals surface area (Å²) >= 11 is 0. The SMILES string of the molecule is O=C(O)c1c(F)ccc2ccc3ccccc3c12.OBO. The third kappa shape index (κ3) is 2.86. The first-order chi connectivity index (χ1) is 10.1. The van der Waals surface area contributed by atoms with Crippen LogP contribution in [0, 0.1) is 5.82 Å². The van der Waals surface area contributed by atoms with Crippen LogP contribution < -0.4 is 0 Å². The molecule has 0 fully saturated rings. The van der Waals surface area contributed by atoms with Crippen molar-refractivity contribution in [1.82, 2.24) is 0 Å².